The lowest BCUT2D eigenvalue weighted by atomic mass is 9.97. The van der Waals surface area contributed by atoms with Crippen LogP contribution in [0.1, 0.15) is 6.92 Å². The Morgan fingerprint density at radius 1 is 0.885 bits per heavy atom. The maximum atomic E-state index is 10.9. The van der Waals surface area contributed by atoms with Crippen molar-refractivity contribution in [2.24, 2.45) is 0 Å². The van der Waals surface area contributed by atoms with Gasteiger partial charge in [0.1, 0.15) is 55.4 Å². The van der Waals surface area contributed by atoms with E-state index < -0.39 is 80.6 Å². The molecule has 2 aliphatic rings. The molecule has 0 spiro atoms. The molecular formula is C14H24O12. The van der Waals surface area contributed by atoms with Gasteiger partial charge in [0, 0.05) is 6.92 Å². The van der Waals surface area contributed by atoms with E-state index in [0.29, 0.717) is 0 Å². The molecule has 0 radical (unpaired) electrons. The van der Waals surface area contributed by atoms with Crippen LogP contribution in [0.5, 0.6) is 0 Å². The van der Waals surface area contributed by atoms with Crippen molar-refractivity contribution in [1.29, 1.82) is 0 Å². The summed E-state index contributed by atoms with van der Waals surface area (Å²) in [6, 6.07) is 0. The molecule has 26 heavy (non-hydrogen) atoms. The van der Waals surface area contributed by atoms with E-state index in [1.54, 1.807) is 0 Å². The van der Waals surface area contributed by atoms with E-state index in [9.17, 15) is 40.5 Å². The summed E-state index contributed by atoms with van der Waals surface area (Å²) in [5.41, 5.74) is 0. The van der Waals surface area contributed by atoms with Crippen molar-refractivity contribution < 1.29 is 59.5 Å². The highest BCUT2D eigenvalue weighted by Crippen LogP contribution is 2.28. The Morgan fingerprint density at radius 3 is 2.12 bits per heavy atom. The Hall–Kier alpha value is -0.930. The van der Waals surface area contributed by atoms with Crippen molar-refractivity contribution in [3.05, 3.63) is 0 Å². The van der Waals surface area contributed by atoms with Crippen molar-refractivity contribution in [3.63, 3.8) is 0 Å². The first-order chi connectivity index (χ1) is 12.2. The molecule has 0 amide bonds. The lowest BCUT2D eigenvalue weighted by Crippen LogP contribution is -2.64. The molecule has 0 bridgehead atoms. The van der Waals surface area contributed by atoms with Gasteiger partial charge in [-0.3, -0.25) is 4.79 Å². The fraction of sp³-hybridized carbons (Fsp3) is 0.929. The summed E-state index contributed by atoms with van der Waals surface area (Å²) < 4.78 is 20.3. The minimum atomic E-state index is -1.76. The molecule has 2 heterocycles. The van der Waals surface area contributed by atoms with Gasteiger partial charge in [-0.1, -0.05) is 0 Å². The fourth-order valence-corrected chi connectivity index (χ4v) is 2.76. The first-order valence-corrected chi connectivity index (χ1v) is 7.96. The van der Waals surface area contributed by atoms with Gasteiger partial charge in [-0.05, 0) is 0 Å². The maximum Gasteiger partial charge on any atom is 0.302 e. The monoisotopic (exact) mass is 384 g/mol. The molecule has 0 aromatic heterocycles. The molecule has 12 nitrogen and oxygen atoms in total. The van der Waals surface area contributed by atoms with Crippen LogP contribution in [-0.4, -0.2) is 116 Å². The first-order valence-electron chi connectivity index (χ1n) is 7.96. The van der Waals surface area contributed by atoms with Crippen LogP contribution in [0.15, 0.2) is 0 Å². The molecule has 2 saturated heterocycles. The average Bonchev–Trinajstić information content (AvgIpc) is 2.60. The maximum absolute atomic E-state index is 10.9. The van der Waals surface area contributed by atoms with Gasteiger partial charge in [-0.15, -0.1) is 0 Å². The zero-order chi connectivity index (χ0) is 19.6. The molecule has 2 aliphatic heterocycles. The number of ether oxygens (including phenoxy) is 4. The zero-order valence-electron chi connectivity index (χ0n) is 13.9. The summed E-state index contributed by atoms with van der Waals surface area (Å²) in [6.45, 7) is -0.00621. The normalized spacial score (nSPS) is 46.8. The molecule has 0 aliphatic carbocycles. The number of esters is 1. The Labute approximate surface area is 148 Å². The first kappa shape index (κ1) is 21.4. The Kier molecular flexibility index (Phi) is 7.27. The summed E-state index contributed by atoms with van der Waals surface area (Å²) in [5.74, 6) is -0.660. The summed E-state index contributed by atoms with van der Waals surface area (Å²) in [4.78, 5) is 10.9. The van der Waals surface area contributed by atoms with Crippen molar-refractivity contribution in [2.75, 3.05) is 13.2 Å². The van der Waals surface area contributed by atoms with E-state index in [4.69, 9.17) is 18.9 Å². The second-order valence-electron chi connectivity index (χ2n) is 6.15. The van der Waals surface area contributed by atoms with Crippen LogP contribution in [-0.2, 0) is 23.7 Å². The number of aliphatic hydroxyl groups is 7. The standard InChI is InChI=1S/C14H24O12/c1-4(16)23-3-6-7(17)8(18)11(21)14(25-6)26-12-5(2-15)24-13(22)10(20)9(12)19/h5-15,17-22H,2-3H2,1H3/t5-,6-,7+,8+,9-,10-,11-,12-,13+,14+/m1/s1. The minimum absolute atomic E-state index is 0.436. The van der Waals surface area contributed by atoms with E-state index in [1.165, 1.54) is 0 Å². The molecule has 2 fully saturated rings. The van der Waals surface area contributed by atoms with Crippen LogP contribution in [0.4, 0.5) is 0 Å². The quantitative estimate of drug-likeness (QED) is 0.224. The molecule has 152 valence electrons. The van der Waals surface area contributed by atoms with E-state index in [1.807, 2.05) is 0 Å². The second-order valence-corrected chi connectivity index (χ2v) is 6.15. The van der Waals surface area contributed by atoms with E-state index in [0.717, 1.165) is 6.92 Å². The third-order valence-corrected chi connectivity index (χ3v) is 4.25. The highest BCUT2D eigenvalue weighted by Gasteiger charge is 2.50. The summed E-state index contributed by atoms with van der Waals surface area (Å²) in [6.07, 6.45) is -15.8. The molecule has 0 aromatic rings. The fourth-order valence-electron chi connectivity index (χ4n) is 2.76. The van der Waals surface area contributed by atoms with Crippen LogP contribution in [0.2, 0.25) is 0 Å². The van der Waals surface area contributed by atoms with Crippen molar-refractivity contribution in [1.82, 2.24) is 0 Å². The highest BCUT2D eigenvalue weighted by molar-refractivity contribution is 5.65. The van der Waals surface area contributed by atoms with Gasteiger partial charge in [0.15, 0.2) is 12.6 Å². The number of carbonyl (C=O) groups excluding carboxylic acids is 1. The minimum Gasteiger partial charge on any atom is -0.463 e. The second kappa shape index (κ2) is 8.84. The van der Waals surface area contributed by atoms with E-state index in [2.05, 4.69) is 0 Å². The lowest BCUT2D eigenvalue weighted by Gasteiger charge is -2.45. The molecule has 10 atom stereocenters. The average molecular weight is 384 g/mol. The Bertz CT molecular complexity index is 473. The van der Waals surface area contributed by atoms with Crippen LogP contribution < -0.4 is 0 Å². The molecule has 2 rings (SSSR count). The van der Waals surface area contributed by atoms with Crippen LogP contribution in [0.3, 0.4) is 0 Å². The van der Waals surface area contributed by atoms with Gasteiger partial charge in [0.05, 0.1) is 6.61 Å². The van der Waals surface area contributed by atoms with Crippen LogP contribution in [0, 0.1) is 0 Å². The topological polar surface area (TPSA) is 196 Å². The zero-order valence-corrected chi connectivity index (χ0v) is 13.9. The number of rotatable bonds is 5. The number of hydrogen-bond acceptors (Lipinski definition) is 12. The largest absolute Gasteiger partial charge is 0.463 e. The van der Waals surface area contributed by atoms with Gasteiger partial charge >= 0.3 is 5.97 Å². The molecule has 12 heteroatoms. The van der Waals surface area contributed by atoms with Crippen molar-refractivity contribution >= 4 is 5.97 Å². The summed E-state index contributed by atoms with van der Waals surface area (Å²) >= 11 is 0. The predicted molar refractivity (Wildman–Crippen MR) is 78.2 cm³/mol. The van der Waals surface area contributed by atoms with E-state index >= 15 is 0 Å². The number of carbonyl (C=O) groups is 1. The third kappa shape index (κ3) is 4.48. The summed E-state index contributed by atoms with van der Waals surface area (Å²) in [5, 5.41) is 68.4. The Balaban J connectivity index is 2.10. The van der Waals surface area contributed by atoms with Crippen LogP contribution >= 0.6 is 0 Å². The molecule has 0 aromatic carbocycles. The van der Waals surface area contributed by atoms with Crippen LogP contribution in [0.25, 0.3) is 0 Å². The van der Waals surface area contributed by atoms with Gasteiger partial charge in [0.25, 0.3) is 0 Å². The predicted octanol–water partition coefficient (Wildman–Crippen LogP) is -4.83. The number of aliphatic hydroxyl groups excluding tert-OH is 7. The molecule has 7 N–H and O–H groups in total. The number of hydrogen-bond donors (Lipinski definition) is 7. The third-order valence-electron chi connectivity index (χ3n) is 4.25. The molecule has 0 unspecified atom stereocenters. The smallest absolute Gasteiger partial charge is 0.302 e. The molecular weight excluding hydrogens is 360 g/mol. The highest BCUT2D eigenvalue weighted by atomic mass is 16.7. The summed E-state index contributed by atoms with van der Waals surface area (Å²) in [7, 11) is 0. The van der Waals surface area contributed by atoms with Gasteiger partial charge < -0.3 is 54.7 Å². The Morgan fingerprint density at radius 2 is 1.54 bits per heavy atom. The SMILES string of the molecule is CC(=O)OC[C@H]1O[C@@H](O[C@H]2[C@H](O)[C@@H](O)[C@@H](O)O[C@@H]2CO)[C@H](O)[C@@H](O)[C@H]1O. The molecule has 0 saturated carbocycles. The van der Waals surface area contributed by atoms with Gasteiger partial charge in [0.2, 0.25) is 0 Å². The van der Waals surface area contributed by atoms with E-state index in [-0.39, 0.29) is 0 Å². The van der Waals surface area contributed by atoms with Crippen molar-refractivity contribution in [3.8, 4) is 0 Å². The van der Waals surface area contributed by atoms with Gasteiger partial charge in [-0.25, -0.2) is 0 Å². The van der Waals surface area contributed by atoms with Gasteiger partial charge in [-0.2, -0.15) is 0 Å². The lowest BCUT2D eigenvalue weighted by molar-refractivity contribution is -0.355. The van der Waals surface area contributed by atoms with Crippen molar-refractivity contribution in [2.45, 2.75) is 68.3 Å².